The van der Waals surface area contributed by atoms with Crippen LogP contribution >= 0.6 is 0 Å². The van der Waals surface area contributed by atoms with E-state index in [0.717, 1.165) is 5.56 Å². The van der Waals surface area contributed by atoms with Crippen molar-refractivity contribution >= 4 is 11.8 Å². The Balaban J connectivity index is 2.71. The number of carbonyl (C=O) groups is 2. The summed E-state index contributed by atoms with van der Waals surface area (Å²) in [5.74, 6) is -0.757. The van der Waals surface area contributed by atoms with Gasteiger partial charge in [0, 0.05) is 20.1 Å². The highest BCUT2D eigenvalue weighted by Crippen LogP contribution is 2.14. The summed E-state index contributed by atoms with van der Waals surface area (Å²) >= 11 is 0. The van der Waals surface area contributed by atoms with Crippen molar-refractivity contribution in [3.05, 3.63) is 35.9 Å². The minimum absolute atomic E-state index is 0.107. The molecule has 0 fully saturated rings. The van der Waals surface area contributed by atoms with Crippen LogP contribution < -0.4 is 11.1 Å². The van der Waals surface area contributed by atoms with Gasteiger partial charge in [0.15, 0.2) is 0 Å². The van der Waals surface area contributed by atoms with Crippen molar-refractivity contribution in [2.24, 2.45) is 5.73 Å². The molecule has 0 aromatic heterocycles. The predicted octanol–water partition coefficient (Wildman–Crippen LogP) is 0.712. The molecule has 0 saturated heterocycles. The molecule has 0 saturated carbocycles. The van der Waals surface area contributed by atoms with E-state index >= 15 is 0 Å². The number of nitrogens with one attached hydrogen (secondary N) is 1. The van der Waals surface area contributed by atoms with Crippen molar-refractivity contribution in [2.45, 2.75) is 25.8 Å². The number of nitrogens with zero attached hydrogens (tertiary/aromatic N) is 1. The van der Waals surface area contributed by atoms with Crippen LogP contribution in [0.3, 0.4) is 0 Å². The van der Waals surface area contributed by atoms with E-state index in [1.54, 1.807) is 18.9 Å². The molecule has 2 amide bonds. The first-order valence-corrected chi connectivity index (χ1v) is 6.81. The lowest BCUT2D eigenvalue weighted by Crippen LogP contribution is -2.47. The van der Waals surface area contributed by atoms with Crippen molar-refractivity contribution in [1.29, 1.82) is 0 Å². The highest BCUT2D eigenvalue weighted by atomic mass is 16.2. The molecule has 1 rings (SSSR count). The lowest BCUT2D eigenvalue weighted by atomic mass is 9.98. The van der Waals surface area contributed by atoms with Crippen LogP contribution in [0.2, 0.25) is 0 Å². The number of nitrogens with two attached hydrogens (primary N) is 1. The normalized spacial score (nSPS) is 13.4. The Hall–Kier alpha value is -1.88. The van der Waals surface area contributed by atoms with Crippen LogP contribution in [0.15, 0.2) is 30.3 Å². The molecule has 1 aromatic rings. The maximum Gasteiger partial charge on any atom is 0.244 e. The van der Waals surface area contributed by atoms with Gasteiger partial charge in [-0.2, -0.15) is 0 Å². The molecule has 5 nitrogen and oxygen atoms in total. The third kappa shape index (κ3) is 4.06. The van der Waals surface area contributed by atoms with Crippen molar-refractivity contribution in [3.63, 3.8) is 0 Å². The number of carbonyl (C=O) groups excluding carboxylic acids is 2. The van der Waals surface area contributed by atoms with Gasteiger partial charge in [0.05, 0.1) is 5.92 Å². The van der Waals surface area contributed by atoms with Gasteiger partial charge in [0.1, 0.15) is 6.04 Å². The van der Waals surface area contributed by atoms with E-state index in [2.05, 4.69) is 5.32 Å². The van der Waals surface area contributed by atoms with E-state index in [1.807, 2.05) is 37.3 Å². The molecule has 20 heavy (non-hydrogen) atoms. The SMILES string of the molecule is CCN(C)C(=O)C(C)NC(=O)C(CN)c1ccccc1. The molecule has 0 aliphatic rings. The molecule has 3 N–H and O–H groups in total. The topological polar surface area (TPSA) is 75.4 Å². The van der Waals surface area contributed by atoms with E-state index < -0.39 is 12.0 Å². The third-order valence-corrected chi connectivity index (χ3v) is 3.33. The first kappa shape index (κ1) is 16.2. The van der Waals surface area contributed by atoms with Crippen LogP contribution in [0.5, 0.6) is 0 Å². The average molecular weight is 277 g/mol. The van der Waals surface area contributed by atoms with Crippen molar-refractivity contribution in [1.82, 2.24) is 10.2 Å². The summed E-state index contributed by atoms with van der Waals surface area (Å²) in [4.78, 5) is 25.7. The molecule has 0 heterocycles. The van der Waals surface area contributed by atoms with Crippen LogP contribution in [0.1, 0.15) is 25.3 Å². The molecule has 0 aliphatic carbocycles. The molecule has 1 aromatic carbocycles. The zero-order valence-electron chi connectivity index (χ0n) is 12.3. The molecule has 0 spiro atoms. The molecule has 2 unspecified atom stereocenters. The fraction of sp³-hybridized carbons (Fsp3) is 0.467. The Morgan fingerprint density at radius 1 is 1.30 bits per heavy atom. The van der Waals surface area contributed by atoms with Crippen LogP contribution in [0.25, 0.3) is 0 Å². The number of amides is 2. The molecule has 110 valence electrons. The molecule has 0 bridgehead atoms. The Morgan fingerprint density at radius 3 is 2.40 bits per heavy atom. The summed E-state index contributed by atoms with van der Waals surface area (Å²) < 4.78 is 0. The summed E-state index contributed by atoms with van der Waals surface area (Å²) in [6.07, 6.45) is 0. The van der Waals surface area contributed by atoms with Gasteiger partial charge in [0.2, 0.25) is 11.8 Å². The fourth-order valence-corrected chi connectivity index (χ4v) is 1.94. The van der Waals surface area contributed by atoms with Crippen LogP contribution in [-0.2, 0) is 9.59 Å². The monoisotopic (exact) mass is 277 g/mol. The average Bonchev–Trinajstić information content (AvgIpc) is 2.47. The van der Waals surface area contributed by atoms with E-state index in [4.69, 9.17) is 5.73 Å². The van der Waals surface area contributed by atoms with Crippen molar-refractivity contribution in [2.75, 3.05) is 20.1 Å². The lowest BCUT2D eigenvalue weighted by Gasteiger charge is -2.23. The Labute approximate surface area is 120 Å². The van der Waals surface area contributed by atoms with Crippen molar-refractivity contribution in [3.8, 4) is 0 Å². The van der Waals surface area contributed by atoms with E-state index in [0.29, 0.717) is 6.54 Å². The Morgan fingerprint density at radius 2 is 1.90 bits per heavy atom. The second-order valence-electron chi connectivity index (χ2n) is 4.78. The summed E-state index contributed by atoms with van der Waals surface area (Å²) in [6, 6.07) is 8.79. The Bertz CT molecular complexity index is 448. The van der Waals surface area contributed by atoms with Gasteiger partial charge in [-0.3, -0.25) is 9.59 Å². The highest BCUT2D eigenvalue weighted by molar-refractivity contribution is 5.90. The number of likely N-dealkylation sites (N-methyl/N-ethyl adjacent to an activating group) is 1. The van der Waals surface area contributed by atoms with E-state index in [9.17, 15) is 9.59 Å². The smallest absolute Gasteiger partial charge is 0.244 e. The van der Waals surface area contributed by atoms with Gasteiger partial charge in [0.25, 0.3) is 0 Å². The molecule has 0 aliphatic heterocycles. The summed E-state index contributed by atoms with van der Waals surface area (Å²) in [5, 5.41) is 2.73. The van der Waals surface area contributed by atoms with Crippen molar-refractivity contribution < 1.29 is 9.59 Å². The second kappa shape index (κ2) is 7.65. The number of hydrogen-bond donors (Lipinski definition) is 2. The number of benzene rings is 1. The van der Waals surface area contributed by atoms with Gasteiger partial charge in [-0.25, -0.2) is 0 Å². The molecule has 5 heteroatoms. The predicted molar refractivity (Wildman–Crippen MR) is 79.2 cm³/mol. The molecule has 2 atom stereocenters. The first-order valence-electron chi connectivity index (χ1n) is 6.81. The van der Waals surface area contributed by atoms with Gasteiger partial charge in [-0.15, -0.1) is 0 Å². The van der Waals surface area contributed by atoms with Crippen LogP contribution in [-0.4, -0.2) is 42.9 Å². The zero-order valence-corrected chi connectivity index (χ0v) is 12.3. The standard InChI is InChI=1S/C15H23N3O2/c1-4-18(3)15(20)11(2)17-14(19)13(10-16)12-8-6-5-7-9-12/h5-9,11,13H,4,10,16H2,1-3H3,(H,17,19). The number of rotatable bonds is 6. The maximum atomic E-state index is 12.2. The minimum Gasteiger partial charge on any atom is -0.344 e. The lowest BCUT2D eigenvalue weighted by molar-refractivity contribution is -0.135. The van der Waals surface area contributed by atoms with Gasteiger partial charge >= 0.3 is 0 Å². The molecule has 0 radical (unpaired) electrons. The van der Waals surface area contributed by atoms with Gasteiger partial charge in [-0.1, -0.05) is 30.3 Å². The fourth-order valence-electron chi connectivity index (χ4n) is 1.94. The van der Waals surface area contributed by atoms with Crippen LogP contribution in [0.4, 0.5) is 0 Å². The van der Waals surface area contributed by atoms with Gasteiger partial charge < -0.3 is 16.0 Å². The summed E-state index contributed by atoms with van der Waals surface area (Å²) in [7, 11) is 1.71. The van der Waals surface area contributed by atoms with Gasteiger partial charge in [-0.05, 0) is 19.4 Å². The van der Waals surface area contributed by atoms with Crippen LogP contribution in [0, 0.1) is 0 Å². The summed E-state index contributed by atoms with van der Waals surface area (Å²) in [6.45, 7) is 4.39. The minimum atomic E-state index is -0.551. The zero-order chi connectivity index (χ0) is 15.1. The second-order valence-corrected chi connectivity index (χ2v) is 4.78. The largest absolute Gasteiger partial charge is 0.344 e. The first-order chi connectivity index (χ1) is 9.51. The van der Waals surface area contributed by atoms with E-state index in [1.165, 1.54) is 0 Å². The third-order valence-electron chi connectivity index (χ3n) is 3.33. The van der Waals surface area contributed by atoms with E-state index in [-0.39, 0.29) is 18.4 Å². The number of hydrogen-bond acceptors (Lipinski definition) is 3. The molecular formula is C15H23N3O2. The quantitative estimate of drug-likeness (QED) is 0.804. The highest BCUT2D eigenvalue weighted by Gasteiger charge is 2.24. The maximum absolute atomic E-state index is 12.2. The Kier molecular flexibility index (Phi) is 6.18. The summed E-state index contributed by atoms with van der Waals surface area (Å²) in [5.41, 5.74) is 6.54. The molecular weight excluding hydrogens is 254 g/mol.